The number of aryl methyl sites for hydroxylation is 1. The molecular formula is C23H29N3O8. The van der Waals surface area contributed by atoms with Gasteiger partial charge >= 0.3 is 12.2 Å². The monoisotopic (exact) mass is 475 g/mol. The number of nitro groups is 1. The molecule has 0 aliphatic carbocycles. The Kier molecular flexibility index (Phi) is 9.48. The Morgan fingerprint density at radius 1 is 0.971 bits per heavy atom. The standard InChI is InChI=1S/C23H29N3O8/c1-6-25-23(28)34-15(3)19-11-17(8-7-14(19)2)31-13-32-18-9-10-21(26(29)30)20(12-18)16(4)33-22(27)24-5/h7-12,15-16H,6,13H2,1-5H3,(H,24,27)(H,25,28). The molecule has 2 N–H and O–H groups in total. The molecule has 2 aromatic carbocycles. The maximum atomic E-state index is 11.7. The van der Waals surface area contributed by atoms with Crippen LogP contribution in [0.2, 0.25) is 0 Å². The second-order valence-corrected chi connectivity index (χ2v) is 7.28. The average Bonchev–Trinajstić information content (AvgIpc) is 2.79. The molecule has 0 bridgehead atoms. The van der Waals surface area contributed by atoms with Crippen molar-refractivity contribution in [2.24, 2.45) is 0 Å². The highest BCUT2D eigenvalue weighted by atomic mass is 16.7. The minimum Gasteiger partial charge on any atom is -0.457 e. The molecule has 2 atom stereocenters. The van der Waals surface area contributed by atoms with Gasteiger partial charge in [-0.3, -0.25) is 10.1 Å². The predicted octanol–water partition coefficient (Wildman–Crippen LogP) is 4.54. The van der Waals surface area contributed by atoms with Crippen molar-refractivity contribution in [3.8, 4) is 11.5 Å². The number of hydrogen-bond acceptors (Lipinski definition) is 8. The van der Waals surface area contributed by atoms with Crippen LogP contribution < -0.4 is 20.1 Å². The smallest absolute Gasteiger partial charge is 0.407 e. The lowest BCUT2D eigenvalue weighted by molar-refractivity contribution is -0.386. The van der Waals surface area contributed by atoms with E-state index in [-0.39, 0.29) is 18.0 Å². The van der Waals surface area contributed by atoms with Crippen LogP contribution in [0.25, 0.3) is 0 Å². The molecule has 0 saturated carbocycles. The van der Waals surface area contributed by atoms with Crippen LogP contribution in [0.3, 0.4) is 0 Å². The Hall–Kier alpha value is -4.02. The number of ether oxygens (including phenoxy) is 4. The third-order valence-corrected chi connectivity index (χ3v) is 4.87. The van der Waals surface area contributed by atoms with Gasteiger partial charge in [0.05, 0.1) is 10.5 Å². The lowest BCUT2D eigenvalue weighted by Gasteiger charge is -2.18. The second kappa shape index (κ2) is 12.3. The van der Waals surface area contributed by atoms with Crippen LogP contribution in [0.5, 0.6) is 11.5 Å². The molecule has 2 rings (SSSR count). The average molecular weight is 475 g/mol. The largest absolute Gasteiger partial charge is 0.457 e. The molecule has 2 aromatic rings. The van der Waals surface area contributed by atoms with Gasteiger partial charge in [-0.2, -0.15) is 0 Å². The summed E-state index contributed by atoms with van der Waals surface area (Å²) in [7, 11) is 1.39. The summed E-state index contributed by atoms with van der Waals surface area (Å²) in [6.07, 6.45) is -2.59. The Morgan fingerprint density at radius 3 is 2.12 bits per heavy atom. The van der Waals surface area contributed by atoms with Crippen LogP contribution in [0.4, 0.5) is 15.3 Å². The molecule has 0 aliphatic rings. The summed E-state index contributed by atoms with van der Waals surface area (Å²) in [5, 5.41) is 16.2. The molecule has 2 amide bonds. The van der Waals surface area contributed by atoms with Crippen LogP contribution in [-0.2, 0) is 9.47 Å². The fraction of sp³-hybridized carbons (Fsp3) is 0.391. The third-order valence-electron chi connectivity index (χ3n) is 4.87. The fourth-order valence-electron chi connectivity index (χ4n) is 3.12. The van der Waals surface area contributed by atoms with Crippen molar-refractivity contribution in [3.63, 3.8) is 0 Å². The number of nitrogens with zero attached hydrogens (tertiary/aromatic N) is 1. The second-order valence-electron chi connectivity index (χ2n) is 7.28. The number of hydrogen-bond donors (Lipinski definition) is 2. The van der Waals surface area contributed by atoms with Crippen molar-refractivity contribution in [1.29, 1.82) is 0 Å². The van der Waals surface area contributed by atoms with Crippen molar-refractivity contribution < 1.29 is 33.5 Å². The summed E-state index contributed by atoms with van der Waals surface area (Å²) < 4.78 is 21.7. The van der Waals surface area contributed by atoms with Gasteiger partial charge in [0, 0.05) is 19.7 Å². The zero-order chi connectivity index (χ0) is 25.3. The Balaban J connectivity index is 2.08. The topological polar surface area (TPSA) is 138 Å². The van der Waals surface area contributed by atoms with Gasteiger partial charge in [0.1, 0.15) is 23.7 Å². The van der Waals surface area contributed by atoms with Crippen LogP contribution >= 0.6 is 0 Å². The molecule has 0 fully saturated rings. The normalized spacial score (nSPS) is 12.1. The maximum Gasteiger partial charge on any atom is 0.407 e. The molecule has 0 heterocycles. The van der Waals surface area contributed by atoms with Crippen LogP contribution in [0.15, 0.2) is 36.4 Å². The van der Waals surface area contributed by atoms with Gasteiger partial charge in [0.25, 0.3) is 5.69 Å². The number of amides is 2. The number of carbonyl (C=O) groups excluding carboxylic acids is 2. The van der Waals surface area contributed by atoms with E-state index in [1.807, 2.05) is 13.0 Å². The van der Waals surface area contributed by atoms with Crippen LogP contribution in [0, 0.1) is 17.0 Å². The molecule has 0 saturated heterocycles. The number of rotatable bonds is 10. The minimum atomic E-state index is -0.879. The van der Waals surface area contributed by atoms with Gasteiger partial charge in [-0.05, 0) is 63.1 Å². The molecule has 0 spiro atoms. The van der Waals surface area contributed by atoms with Crippen molar-refractivity contribution in [2.45, 2.75) is 39.9 Å². The first-order chi connectivity index (χ1) is 16.2. The summed E-state index contributed by atoms with van der Waals surface area (Å²) in [5.41, 5.74) is 1.69. The number of carbonyl (C=O) groups is 2. The molecule has 0 aromatic heterocycles. The van der Waals surface area contributed by atoms with E-state index in [0.29, 0.717) is 18.0 Å². The molecular weight excluding hydrogens is 446 g/mol. The molecule has 11 heteroatoms. The first-order valence-corrected chi connectivity index (χ1v) is 10.6. The number of nitrogens with one attached hydrogen (secondary N) is 2. The Morgan fingerprint density at radius 2 is 1.53 bits per heavy atom. The number of alkyl carbamates (subject to hydrolysis) is 2. The lowest BCUT2D eigenvalue weighted by Crippen LogP contribution is -2.25. The van der Waals surface area contributed by atoms with Gasteiger partial charge in [0.15, 0.2) is 0 Å². The molecule has 2 unspecified atom stereocenters. The Bertz CT molecular complexity index is 1030. The van der Waals surface area contributed by atoms with Crippen LogP contribution in [-0.4, -0.2) is 37.5 Å². The van der Waals surface area contributed by atoms with E-state index in [2.05, 4.69) is 10.6 Å². The molecule has 184 valence electrons. The summed E-state index contributed by atoms with van der Waals surface area (Å²) >= 11 is 0. The minimum absolute atomic E-state index is 0.181. The molecule has 34 heavy (non-hydrogen) atoms. The van der Waals surface area contributed by atoms with E-state index in [4.69, 9.17) is 18.9 Å². The summed E-state index contributed by atoms with van der Waals surface area (Å²) in [5.74, 6) is 0.790. The summed E-state index contributed by atoms with van der Waals surface area (Å²) in [4.78, 5) is 34.0. The quantitative estimate of drug-likeness (QED) is 0.290. The van der Waals surface area contributed by atoms with Crippen molar-refractivity contribution in [2.75, 3.05) is 20.4 Å². The van der Waals surface area contributed by atoms with Crippen molar-refractivity contribution in [3.05, 3.63) is 63.2 Å². The van der Waals surface area contributed by atoms with E-state index in [0.717, 1.165) is 11.1 Å². The molecule has 0 aliphatic heterocycles. The van der Waals surface area contributed by atoms with E-state index >= 15 is 0 Å². The van der Waals surface area contributed by atoms with E-state index in [1.54, 1.807) is 26.0 Å². The van der Waals surface area contributed by atoms with E-state index in [9.17, 15) is 19.7 Å². The summed E-state index contributed by atoms with van der Waals surface area (Å²) in [6.45, 7) is 7.26. The highest BCUT2D eigenvalue weighted by molar-refractivity contribution is 5.67. The van der Waals surface area contributed by atoms with Gasteiger partial charge in [0.2, 0.25) is 6.79 Å². The van der Waals surface area contributed by atoms with Gasteiger partial charge in [-0.15, -0.1) is 0 Å². The number of benzene rings is 2. The lowest BCUT2D eigenvalue weighted by atomic mass is 10.0. The zero-order valence-corrected chi connectivity index (χ0v) is 19.7. The molecule has 0 radical (unpaired) electrons. The highest BCUT2D eigenvalue weighted by Gasteiger charge is 2.23. The first-order valence-electron chi connectivity index (χ1n) is 10.6. The predicted molar refractivity (Wildman–Crippen MR) is 123 cm³/mol. The van der Waals surface area contributed by atoms with Gasteiger partial charge in [-0.1, -0.05) is 6.07 Å². The van der Waals surface area contributed by atoms with Crippen LogP contribution in [0.1, 0.15) is 49.7 Å². The SMILES string of the molecule is CCNC(=O)OC(C)c1cc(OCOc2ccc([N+](=O)[O-])c(C(C)OC(=O)NC)c2)ccc1C. The van der Waals surface area contributed by atoms with Gasteiger partial charge in [-0.25, -0.2) is 9.59 Å². The van der Waals surface area contributed by atoms with Crippen molar-refractivity contribution in [1.82, 2.24) is 10.6 Å². The zero-order valence-electron chi connectivity index (χ0n) is 19.7. The first kappa shape index (κ1) is 26.2. The van der Waals surface area contributed by atoms with E-state index in [1.165, 1.54) is 32.2 Å². The summed E-state index contributed by atoms with van der Waals surface area (Å²) in [6, 6.07) is 9.48. The highest BCUT2D eigenvalue weighted by Crippen LogP contribution is 2.31. The van der Waals surface area contributed by atoms with E-state index < -0.39 is 29.3 Å². The Labute approximate surface area is 197 Å². The third kappa shape index (κ3) is 7.26. The molecule has 11 nitrogen and oxygen atoms in total. The van der Waals surface area contributed by atoms with Crippen molar-refractivity contribution >= 4 is 17.9 Å². The number of nitro benzene ring substituents is 1. The van der Waals surface area contributed by atoms with Gasteiger partial charge < -0.3 is 29.6 Å². The maximum absolute atomic E-state index is 11.7. The fourth-order valence-corrected chi connectivity index (χ4v) is 3.12.